The van der Waals surface area contributed by atoms with Gasteiger partial charge in [0, 0.05) is 24.8 Å². The molecule has 1 aromatic heterocycles. The molecule has 5 nitrogen and oxygen atoms in total. The first kappa shape index (κ1) is 22.7. The largest absolute Gasteiger partial charge is 0.443 e. The van der Waals surface area contributed by atoms with Gasteiger partial charge in [-0.1, -0.05) is 33.3 Å². The summed E-state index contributed by atoms with van der Waals surface area (Å²) in [6.07, 6.45) is 6.18. The van der Waals surface area contributed by atoms with Crippen LogP contribution in [0.25, 0.3) is 0 Å². The highest BCUT2D eigenvalue weighted by Crippen LogP contribution is 2.32. The highest BCUT2D eigenvalue weighted by Gasteiger charge is 2.29. The number of pyridine rings is 1. The van der Waals surface area contributed by atoms with Crippen LogP contribution >= 0.6 is 0 Å². The average Bonchev–Trinajstić information content (AvgIpc) is 2.61. The van der Waals surface area contributed by atoms with Crippen LogP contribution in [0, 0.1) is 5.92 Å². The van der Waals surface area contributed by atoms with Gasteiger partial charge in [0.2, 0.25) is 0 Å². The van der Waals surface area contributed by atoms with Crippen LogP contribution < -0.4 is 4.90 Å². The summed E-state index contributed by atoms with van der Waals surface area (Å²) in [6.45, 7) is 16.6. The molecule has 2 unspecified atom stereocenters. The molecule has 2 rings (SSSR count). The Kier molecular flexibility index (Phi) is 7.87. The smallest absolute Gasteiger partial charge is 0.416 e. The maximum absolute atomic E-state index is 12.8. The molecular formula is C23H39N3O2. The Bertz CT molecular complexity index is 622. The Morgan fingerprint density at radius 2 is 2.00 bits per heavy atom. The van der Waals surface area contributed by atoms with Crippen molar-refractivity contribution in [3.8, 4) is 0 Å². The molecule has 1 amide bonds. The first-order valence-corrected chi connectivity index (χ1v) is 10.8. The van der Waals surface area contributed by atoms with Crippen LogP contribution in [-0.2, 0) is 4.74 Å². The number of ether oxygens (including phenoxy) is 1. The minimum Gasteiger partial charge on any atom is -0.443 e. The van der Waals surface area contributed by atoms with Gasteiger partial charge in [0.25, 0.3) is 0 Å². The van der Waals surface area contributed by atoms with Crippen LogP contribution in [-0.4, -0.2) is 40.7 Å². The van der Waals surface area contributed by atoms with E-state index < -0.39 is 5.60 Å². The van der Waals surface area contributed by atoms with E-state index in [1.165, 1.54) is 24.8 Å². The molecule has 0 radical (unpaired) electrons. The molecule has 0 N–H and O–H groups in total. The molecule has 5 heteroatoms. The summed E-state index contributed by atoms with van der Waals surface area (Å²) in [5.74, 6) is 1.32. The Morgan fingerprint density at radius 3 is 2.54 bits per heavy atom. The third kappa shape index (κ3) is 6.20. The Hall–Kier alpha value is -1.62. The second-order valence-corrected chi connectivity index (χ2v) is 9.46. The van der Waals surface area contributed by atoms with Gasteiger partial charge in [-0.05, 0) is 71.0 Å². The van der Waals surface area contributed by atoms with Gasteiger partial charge in [0.15, 0.2) is 0 Å². The van der Waals surface area contributed by atoms with E-state index in [4.69, 9.17) is 4.74 Å². The summed E-state index contributed by atoms with van der Waals surface area (Å²) in [5, 5.41) is 0. The Labute approximate surface area is 171 Å². The molecular weight excluding hydrogens is 350 g/mol. The quantitative estimate of drug-likeness (QED) is 0.616. The van der Waals surface area contributed by atoms with Crippen molar-refractivity contribution in [3.63, 3.8) is 0 Å². The second-order valence-electron chi connectivity index (χ2n) is 9.46. The predicted octanol–water partition coefficient (Wildman–Crippen LogP) is 5.80. The lowest BCUT2D eigenvalue weighted by Gasteiger charge is -2.37. The maximum atomic E-state index is 12.8. The first-order valence-electron chi connectivity index (χ1n) is 10.8. The summed E-state index contributed by atoms with van der Waals surface area (Å²) < 4.78 is 5.62. The molecule has 1 fully saturated rings. The zero-order valence-corrected chi connectivity index (χ0v) is 18.9. The molecule has 1 aromatic rings. The number of hydrogen-bond acceptors (Lipinski definition) is 4. The van der Waals surface area contributed by atoms with Crippen LogP contribution in [0.4, 0.5) is 10.6 Å². The molecule has 0 spiro atoms. The van der Waals surface area contributed by atoms with Crippen LogP contribution in [0.2, 0.25) is 0 Å². The number of nitrogens with zero attached hydrogens (tertiary/aromatic N) is 3. The molecule has 1 aliphatic rings. The van der Waals surface area contributed by atoms with Crippen LogP contribution in [0.1, 0.15) is 85.8 Å². The number of piperidine rings is 1. The summed E-state index contributed by atoms with van der Waals surface area (Å²) in [7, 11) is 0. The van der Waals surface area contributed by atoms with Gasteiger partial charge in [-0.25, -0.2) is 9.78 Å². The van der Waals surface area contributed by atoms with E-state index in [1.54, 1.807) is 4.90 Å². The standard InChI is InChI=1S/C23H39N3O2/c1-8-18(4)26(22(27)28-23(5,6)7)21-13-12-19(15-24-21)20-11-9-10-14-25(20)16-17(2)3/h12-13,15,17-18,20H,8-11,14,16H2,1-7H3. The lowest BCUT2D eigenvalue weighted by molar-refractivity contribution is 0.0566. The summed E-state index contributed by atoms with van der Waals surface area (Å²) in [4.78, 5) is 21.7. The summed E-state index contributed by atoms with van der Waals surface area (Å²) in [5.41, 5.74) is 0.722. The fourth-order valence-electron chi connectivity index (χ4n) is 3.79. The third-order valence-corrected chi connectivity index (χ3v) is 5.24. The summed E-state index contributed by atoms with van der Waals surface area (Å²) >= 11 is 0. The molecule has 0 saturated carbocycles. The van der Waals surface area contributed by atoms with Gasteiger partial charge in [-0.3, -0.25) is 9.80 Å². The zero-order chi connectivity index (χ0) is 20.9. The lowest BCUT2D eigenvalue weighted by Crippen LogP contribution is -2.42. The van der Waals surface area contributed by atoms with E-state index in [-0.39, 0.29) is 12.1 Å². The van der Waals surface area contributed by atoms with Gasteiger partial charge in [0.05, 0.1) is 0 Å². The lowest BCUT2D eigenvalue weighted by atomic mass is 9.95. The van der Waals surface area contributed by atoms with Crippen molar-refractivity contribution in [2.24, 2.45) is 5.92 Å². The minimum absolute atomic E-state index is 0.0281. The fraction of sp³-hybridized carbons (Fsp3) is 0.739. The van der Waals surface area contributed by atoms with Crippen molar-refractivity contribution in [1.29, 1.82) is 0 Å². The van der Waals surface area contributed by atoms with Gasteiger partial charge in [0.1, 0.15) is 11.4 Å². The van der Waals surface area contributed by atoms with E-state index >= 15 is 0 Å². The van der Waals surface area contributed by atoms with Gasteiger partial charge in [-0.15, -0.1) is 0 Å². The normalized spacial score (nSPS) is 19.5. The highest BCUT2D eigenvalue weighted by molar-refractivity contribution is 5.87. The van der Waals surface area contributed by atoms with E-state index in [0.29, 0.717) is 17.8 Å². The number of likely N-dealkylation sites (tertiary alicyclic amines) is 1. The van der Waals surface area contributed by atoms with E-state index in [2.05, 4.69) is 36.7 Å². The minimum atomic E-state index is -0.526. The number of aromatic nitrogens is 1. The Balaban J connectivity index is 2.22. The maximum Gasteiger partial charge on any atom is 0.416 e. The van der Waals surface area contributed by atoms with E-state index in [9.17, 15) is 4.79 Å². The van der Waals surface area contributed by atoms with E-state index in [1.807, 2.05) is 40.0 Å². The van der Waals surface area contributed by atoms with Crippen molar-refractivity contribution >= 4 is 11.9 Å². The average molecular weight is 390 g/mol. The monoisotopic (exact) mass is 389 g/mol. The molecule has 1 saturated heterocycles. The molecule has 28 heavy (non-hydrogen) atoms. The molecule has 1 aliphatic heterocycles. The third-order valence-electron chi connectivity index (χ3n) is 5.24. The number of rotatable bonds is 6. The van der Waals surface area contributed by atoms with Crippen molar-refractivity contribution < 1.29 is 9.53 Å². The number of amides is 1. The molecule has 0 aromatic carbocycles. The highest BCUT2D eigenvalue weighted by atomic mass is 16.6. The van der Waals surface area contributed by atoms with Crippen molar-refractivity contribution in [2.45, 2.75) is 91.8 Å². The number of hydrogen-bond donors (Lipinski definition) is 0. The van der Waals surface area contributed by atoms with Gasteiger partial charge < -0.3 is 4.74 Å². The predicted molar refractivity (Wildman–Crippen MR) is 116 cm³/mol. The van der Waals surface area contributed by atoms with Gasteiger partial charge >= 0.3 is 6.09 Å². The van der Waals surface area contributed by atoms with E-state index in [0.717, 1.165) is 19.5 Å². The molecule has 2 atom stereocenters. The van der Waals surface area contributed by atoms with Crippen molar-refractivity contribution in [2.75, 3.05) is 18.0 Å². The second kappa shape index (κ2) is 9.73. The first-order chi connectivity index (χ1) is 13.1. The SMILES string of the molecule is CCC(C)N(C(=O)OC(C)(C)C)c1ccc(C2CCCCN2CC(C)C)cn1. The van der Waals surface area contributed by atoms with Crippen LogP contribution in [0.15, 0.2) is 18.3 Å². The van der Waals surface area contributed by atoms with Crippen LogP contribution in [0.3, 0.4) is 0 Å². The van der Waals surface area contributed by atoms with Crippen LogP contribution in [0.5, 0.6) is 0 Å². The number of carbonyl (C=O) groups excluding carboxylic acids is 1. The Morgan fingerprint density at radius 1 is 1.29 bits per heavy atom. The summed E-state index contributed by atoms with van der Waals surface area (Å²) in [6, 6.07) is 4.58. The fourth-order valence-corrected chi connectivity index (χ4v) is 3.79. The number of anilines is 1. The molecule has 2 heterocycles. The molecule has 158 valence electrons. The molecule has 0 bridgehead atoms. The topological polar surface area (TPSA) is 45.7 Å². The zero-order valence-electron chi connectivity index (χ0n) is 18.9. The van der Waals surface area contributed by atoms with Crippen molar-refractivity contribution in [3.05, 3.63) is 23.9 Å². The van der Waals surface area contributed by atoms with Crippen molar-refractivity contribution in [1.82, 2.24) is 9.88 Å². The van der Waals surface area contributed by atoms with Gasteiger partial charge in [-0.2, -0.15) is 0 Å². The molecule has 0 aliphatic carbocycles. The number of carbonyl (C=O) groups is 1.